The van der Waals surface area contributed by atoms with Crippen LogP contribution in [-0.4, -0.2) is 24.5 Å². The van der Waals surface area contributed by atoms with Crippen LogP contribution < -0.4 is 10.6 Å². The Morgan fingerprint density at radius 3 is 2.21 bits per heavy atom. The number of nitrogens with one attached hydrogen (secondary N) is 2. The van der Waals surface area contributed by atoms with Crippen LogP contribution >= 0.6 is 0 Å². The summed E-state index contributed by atoms with van der Waals surface area (Å²) >= 11 is 0. The largest absolute Gasteiger partial charge is 0.354 e. The van der Waals surface area contributed by atoms with Crippen LogP contribution in [0.15, 0.2) is 0 Å². The lowest BCUT2D eigenvalue weighted by atomic mass is 10.1. The summed E-state index contributed by atoms with van der Waals surface area (Å²) in [4.78, 5) is 11.8. The SMILES string of the molecule is CCCCCCCC(C)NC(C)C(=O)NCC(C)C. The van der Waals surface area contributed by atoms with E-state index in [2.05, 4.69) is 38.3 Å². The van der Waals surface area contributed by atoms with Crippen molar-refractivity contribution in [3.8, 4) is 0 Å². The predicted molar refractivity (Wildman–Crippen MR) is 83.3 cm³/mol. The van der Waals surface area contributed by atoms with Crippen LogP contribution in [-0.2, 0) is 4.79 Å². The Morgan fingerprint density at radius 2 is 1.63 bits per heavy atom. The first-order valence-corrected chi connectivity index (χ1v) is 8.01. The van der Waals surface area contributed by atoms with Crippen LogP contribution in [0.4, 0.5) is 0 Å². The molecule has 0 radical (unpaired) electrons. The molecule has 0 bridgehead atoms. The molecule has 114 valence electrons. The Balaban J connectivity index is 3.67. The van der Waals surface area contributed by atoms with Gasteiger partial charge in [0.05, 0.1) is 6.04 Å². The molecule has 0 fully saturated rings. The highest BCUT2D eigenvalue weighted by molar-refractivity contribution is 5.81. The number of hydrogen-bond donors (Lipinski definition) is 2. The maximum absolute atomic E-state index is 11.8. The van der Waals surface area contributed by atoms with Crippen molar-refractivity contribution in [2.75, 3.05) is 6.54 Å². The fourth-order valence-electron chi connectivity index (χ4n) is 2.10. The third kappa shape index (κ3) is 11.0. The van der Waals surface area contributed by atoms with Crippen molar-refractivity contribution < 1.29 is 4.79 Å². The third-order valence-electron chi connectivity index (χ3n) is 3.35. The average molecular weight is 270 g/mol. The van der Waals surface area contributed by atoms with E-state index in [1.165, 1.54) is 32.1 Å². The molecule has 19 heavy (non-hydrogen) atoms. The summed E-state index contributed by atoms with van der Waals surface area (Å²) in [5.41, 5.74) is 0. The van der Waals surface area contributed by atoms with E-state index in [0.29, 0.717) is 12.0 Å². The first-order chi connectivity index (χ1) is 8.97. The zero-order valence-electron chi connectivity index (χ0n) is 13.6. The lowest BCUT2D eigenvalue weighted by Gasteiger charge is -2.20. The highest BCUT2D eigenvalue weighted by Gasteiger charge is 2.14. The van der Waals surface area contributed by atoms with E-state index in [1.54, 1.807) is 0 Å². The van der Waals surface area contributed by atoms with Crippen molar-refractivity contribution >= 4 is 5.91 Å². The molecule has 0 saturated carbocycles. The first-order valence-electron chi connectivity index (χ1n) is 8.01. The molecule has 3 heteroatoms. The van der Waals surface area contributed by atoms with Crippen molar-refractivity contribution in [1.29, 1.82) is 0 Å². The molecule has 0 heterocycles. The van der Waals surface area contributed by atoms with Crippen LogP contribution in [0.25, 0.3) is 0 Å². The Hall–Kier alpha value is -0.570. The maximum atomic E-state index is 11.8. The van der Waals surface area contributed by atoms with Gasteiger partial charge in [-0.2, -0.15) is 0 Å². The molecule has 0 aromatic carbocycles. The molecule has 0 aliphatic carbocycles. The van der Waals surface area contributed by atoms with E-state index < -0.39 is 0 Å². The summed E-state index contributed by atoms with van der Waals surface area (Å²) in [6, 6.07) is 0.325. The summed E-state index contributed by atoms with van der Waals surface area (Å²) < 4.78 is 0. The fraction of sp³-hybridized carbons (Fsp3) is 0.938. The Morgan fingerprint density at radius 1 is 1.00 bits per heavy atom. The highest BCUT2D eigenvalue weighted by Crippen LogP contribution is 2.07. The molecule has 0 rings (SSSR count). The second-order valence-electron chi connectivity index (χ2n) is 6.13. The van der Waals surface area contributed by atoms with Crippen LogP contribution in [0.1, 0.15) is 73.1 Å². The van der Waals surface area contributed by atoms with Crippen LogP contribution in [0.5, 0.6) is 0 Å². The van der Waals surface area contributed by atoms with Gasteiger partial charge in [-0.25, -0.2) is 0 Å². The standard InChI is InChI=1S/C16H34N2O/c1-6-7-8-9-10-11-14(4)18-15(5)16(19)17-12-13(2)3/h13-15,18H,6-12H2,1-5H3,(H,17,19). The molecule has 3 nitrogen and oxygen atoms in total. The second kappa shape index (κ2) is 11.3. The van der Waals surface area contributed by atoms with Crippen molar-refractivity contribution in [3.05, 3.63) is 0 Å². The van der Waals surface area contributed by atoms with Crippen molar-refractivity contribution in [2.24, 2.45) is 5.92 Å². The molecule has 0 aliphatic rings. The van der Waals surface area contributed by atoms with E-state index in [9.17, 15) is 4.79 Å². The molecule has 2 unspecified atom stereocenters. The van der Waals surface area contributed by atoms with Crippen molar-refractivity contribution in [2.45, 2.75) is 85.2 Å². The second-order valence-corrected chi connectivity index (χ2v) is 6.13. The lowest BCUT2D eigenvalue weighted by molar-refractivity contribution is -0.123. The fourth-order valence-corrected chi connectivity index (χ4v) is 2.10. The number of amides is 1. The molecule has 0 aromatic heterocycles. The average Bonchev–Trinajstić information content (AvgIpc) is 2.35. The van der Waals surface area contributed by atoms with Gasteiger partial charge in [-0.3, -0.25) is 4.79 Å². The zero-order chi connectivity index (χ0) is 14.7. The van der Waals surface area contributed by atoms with Gasteiger partial charge >= 0.3 is 0 Å². The molecular formula is C16H34N2O. The van der Waals surface area contributed by atoms with Gasteiger partial charge in [0.25, 0.3) is 0 Å². The van der Waals surface area contributed by atoms with Gasteiger partial charge in [-0.1, -0.05) is 52.9 Å². The van der Waals surface area contributed by atoms with E-state index in [0.717, 1.165) is 13.0 Å². The van der Waals surface area contributed by atoms with Gasteiger partial charge in [0.15, 0.2) is 0 Å². The Bertz CT molecular complexity index is 229. The van der Waals surface area contributed by atoms with Gasteiger partial charge in [-0.05, 0) is 26.2 Å². The van der Waals surface area contributed by atoms with Crippen LogP contribution in [0, 0.1) is 5.92 Å². The summed E-state index contributed by atoms with van der Waals surface area (Å²) in [6.07, 6.45) is 7.71. The lowest BCUT2D eigenvalue weighted by Crippen LogP contribution is -2.46. The van der Waals surface area contributed by atoms with E-state index >= 15 is 0 Å². The normalized spacial score (nSPS) is 14.4. The Kier molecular flexibility index (Phi) is 10.9. The minimum absolute atomic E-state index is 0.0932. The topological polar surface area (TPSA) is 41.1 Å². The molecular weight excluding hydrogens is 236 g/mol. The zero-order valence-corrected chi connectivity index (χ0v) is 13.6. The van der Waals surface area contributed by atoms with Gasteiger partial charge in [0.1, 0.15) is 0 Å². The summed E-state index contributed by atoms with van der Waals surface area (Å²) in [5.74, 6) is 0.624. The van der Waals surface area contributed by atoms with E-state index in [4.69, 9.17) is 0 Å². The number of unbranched alkanes of at least 4 members (excludes halogenated alkanes) is 4. The van der Waals surface area contributed by atoms with Crippen LogP contribution in [0.2, 0.25) is 0 Å². The number of carbonyl (C=O) groups is 1. The maximum Gasteiger partial charge on any atom is 0.236 e. The molecule has 1 amide bonds. The third-order valence-corrected chi connectivity index (χ3v) is 3.35. The molecule has 0 spiro atoms. The van der Waals surface area contributed by atoms with Gasteiger partial charge in [0.2, 0.25) is 5.91 Å². The molecule has 2 N–H and O–H groups in total. The minimum atomic E-state index is -0.0932. The highest BCUT2D eigenvalue weighted by atomic mass is 16.2. The summed E-state index contributed by atoms with van der Waals surface area (Å²) in [6.45, 7) is 11.3. The van der Waals surface area contributed by atoms with E-state index in [1.807, 2.05) is 6.92 Å². The molecule has 0 saturated heterocycles. The summed E-state index contributed by atoms with van der Waals surface area (Å²) in [7, 11) is 0. The van der Waals surface area contributed by atoms with Gasteiger partial charge < -0.3 is 10.6 Å². The summed E-state index contributed by atoms with van der Waals surface area (Å²) in [5, 5.41) is 6.35. The van der Waals surface area contributed by atoms with E-state index in [-0.39, 0.29) is 11.9 Å². The number of carbonyl (C=O) groups excluding carboxylic acids is 1. The molecule has 2 atom stereocenters. The minimum Gasteiger partial charge on any atom is -0.354 e. The predicted octanol–water partition coefficient (Wildman–Crippen LogP) is 3.49. The Labute approximate surface area is 119 Å². The monoisotopic (exact) mass is 270 g/mol. The number of hydrogen-bond acceptors (Lipinski definition) is 2. The number of rotatable bonds is 11. The van der Waals surface area contributed by atoms with Crippen molar-refractivity contribution in [3.63, 3.8) is 0 Å². The smallest absolute Gasteiger partial charge is 0.236 e. The van der Waals surface area contributed by atoms with Gasteiger partial charge in [0, 0.05) is 12.6 Å². The van der Waals surface area contributed by atoms with Crippen molar-refractivity contribution in [1.82, 2.24) is 10.6 Å². The van der Waals surface area contributed by atoms with Gasteiger partial charge in [-0.15, -0.1) is 0 Å². The first kappa shape index (κ1) is 18.4. The molecule has 0 aliphatic heterocycles. The molecule has 0 aromatic rings. The van der Waals surface area contributed by atoms with Crippen LogP contribution in [0.3, 0.4) is 0 Å². The quantitative estimate of drug-likeness (QED) is 0.564.